The van der Waals surface area contributed by atoms with Crippen molar-refractivity contribution in [2.75, 3.05) is 17.2 Å². The molecule has 1 aromatic heterocycles. The SMILES string of the molecule is CCNc1nccc(Nc2cc(C#N)ccc2C)n1. The van der Waals surface area contributed by atoms with Crippen LogP contribution in [0.3, 0.4) is 0 Å². The van der Waals surface area contributed by atoms with Crippen LogP contribution in [0.2, 0.25) is 0 Å². The van der Waals surface area contributed by atoms with Crippen LogP contribution in [0.1, 0.15) is 18.1 Å². The Bertz CT molecular complexity index is 615. The van der Waals surface area contributed by atoms with Crippen LogP contribution >= 0.6 is 0 Å². The summed E-state index contributed by atoms with van der Waals surface area (Å²) in [5.74, 6) is 1.28. The predicted octanol–water partition coefficient (Wildman–Crippen LogP) is 2.83. The summed E-state index contributed by atoms with van der Waals surface area (Å²) in [4.78, 5) is 8.45. The zero-order chi connectivity index (χ0) is 13.7. The van der Waals surface area contributed by atoms with E-state index in [1.165, 1.54) is 0 Å². The van der Waals surface area contributed by atoms with Crippen LogP contribution in [0.5, 0.6) is 0 Å². The first kappa shape index (κ1) is 12.8. The maximum Gasteiger partial charge on any atom is 0.224 e. The Morgan fingerprint density at radius 1 is 1.32 bits per heavy atom. The first-order chi connectivity index (χ1) is 9.22. The van der Waals surface area contributed by atoms with E-state index in [0.29, 0.717) is 17.3 Å². The zero-order valence-electron chi connectivity index (χ0n) is 10.9. The molecule has 1 aromatic carbocycles. The maximum absolute atomic E-state index is 8.92. The molecule has 2 aromatic rings. The molecule has 5 heteroatoms. The smallest absolute Gasteiger partial charge is 0.224 e. The molecular weight excluding hydrogens is 238 g/mol. The number of rotatable bonds is 4. The number of aryl methyl sites for hydroxylation is 1. The molecule has 0 radical (unpaired) electrons. The number of hydrogen-bond donors (Lipinski definition) is 2. The quantitative estimate of drug-likeness (QED) is 0.876. The van der Waals surface area contributed by atoms with Crippen molar-refractivity contribution in [3.05, 3.63) is 41.6 Å². The van der Waals surface area contributed by atoms with Gasteiger partial charge in [-0.05, 0) is 37.6 Å². The molecule has 96 valence electrons. The normalized spacial score (nSPS) is 9.74. The molecule has 0 amide bonds. The molecule has 2 rings (SSSR count). The lowest BCUT2D eigenvalue weighted by Gasteiger charge is -2.10. The number of hydrogen-bond acceptors (Lipinski definition) is 5. The maximum atomic E-state index is 8.92. The van der Waals surface area contributed by atoms with E-state index >= 15 is 0 Å². The molecule has 1 heterocycles. The van der Waals surface area contributed by atoms with E-state index in [1.807, 2.05) is 26.0 Å². The van der Waals surface area contributed by atoms with E-state index in [2.05, 4.69) is 26.7 Å². The minimum Gasteiger partial charge on any atom is -0.354 e. The standard InChI is InChI=1S/C14H15N5/c1-3-16-14-17-7-6-13(19-14)18-12-8-11(9-15)5-4-10(12)2/h4-8H,3H2,1-2H3,(H2,16,17,18,19). The van der Waals surface area contributed by atoms with Gasteiger partial charge in [-0.25, -0.2) is 4.98 Å². The molecule has 0 saturated carbocycles. The van der Waals surface area contributed by atoms with Gasteiger partial charge in [0, 0.05) is 18.4 Å². The third-order valence-electron chi connectivity index (χ3n) is 2.62. The zero-order valence-corrected chi connectivity index (χ0v) is 10.9. The predicted molar refractivity (Wildman–Crippen MR) is 75.4 cm³/mol. The van der Waals surface area contributed by atoms with Gasteiger partial charge >= 0.3 is 0 Å². The molecule has 0 fully saturated rings. The number of nitriles is 1. The van der Waals surface area contributed by atoms with Gasteiger partial charge in [-0.1, -0.05) is 6.07 Å². The molecule has 0 atom stereocenters. The molecule has 0 aliphatic heterocycles. The Hall–Kier alpha value is -2.61. The van der Waals surface area contributed by atoms with E-state index in [1.54, 1.807) is 18.3 Å². The van der Waals surface area contributed by atoms with Crippen molar-refractivity contribution in [1.82, 2.24) is 9.97 Å². The highest BCUT2D eigenvalue weighted by molar-refractivity contribution is 5.63. The summed E-state index contributed by atoms with van der Waals surface area (Å²) in [5.41, 5.74) is 2.55. The Morgan fingerprint density at radius 3 is 2.89 bits per heavy atom. The Labute approximate surface area is 112 Å². The van der Waals surface area contributed by atoms with E-state index < -0.39 is 0 Å². The molecule has 0 aliphatic carbocycles. The lowest BCUT2D eigenvalue weighted by Crippen LogP contribution is -2.04. The van der Waals surface area contributed by atoms with E-state index in [9.17, 15) is 0 Å². The van der Waals surface area contributed by atoms with Gasteiger partial charge < -0.3 is 10.6 Å². The Kier molecular flexibility index (Phi) is 3.94. The van der Waals surface area contributed by atoms with Crippen LogP contribution in [-0.4, -0.2) is 16.5 Å². The van der Waals surface area contributed by atoms with Crippen LogP contribution in [0.15, 0.2) is 30.5 Å². The highest BCUT2D eigenvalue weighted by Crippen LogP contribution is 2.20. The monoisotopic (exact) mass is 253 g/mol. The van der Waals surface area contributed by atoms with E-state index in [4.69, 9.17) is 5.26 Å². The summed E-state index contributed by atoms with van der Waals surface area (Å²) in [6.45, 7) is 4.74. The summed E-state index contributed by atoms with van der Waals surface area (Å²) < 4.78 is 0. The lowest BCUT2D eigenvalue weighted by atomic mass is 10.1. The molecular formula is C14H15N5. The second kappa shape index (κ2) is 5.83. The van der Waals surface area contributed by atoms with Gasteiger partial charge in [0.1, 0.15) is 5.82 Å². The van der Waals surface area contributed by atoms with Gasteiger partial charge in [-0.15, -0.1) is 0 Å². The lowest BCUT2D eigenvalue weighted by molar-refractivity contribution is 1.09. The third kappa shape index (κ3) is 3.19. The summed E-state index contributed by atoms with van der Waals surface area (Å²) in [7, 11) is 0. The van der Waals surface area contributed by atoms with Crippen LogP contribution in [-0.2, 0) is 0 Å². The fraction of sp³-hybridized carbons (Fsp3) is 0.214. The summed E-state index contributed by atoms with van der Waals surface area (Å²) >= 11 is 0. The molecule has 0 unspecified atom stereocenters. The fourth-order valence-electron chi connectivity index (χ4n) is 1.64. The second-order valence-corrected chi connectivity index (χ2v) is 4.06. The topological polar surface area (TPSA) is 73.6 Å². The third-order valence-corrected chi connectivity index (χ3v) is 2.62. The van der Waals surface area contributed by atoms with Crippen LogP contribution < -0.4 is 10.6 Å². The van der Waals surface area contributed by atoms with Crippen LogP contribution in [0.25, 0.3) is 0 Å². The minimum atomic E-state index is 0.585. The van der Waals surface area contributed by atoms with Crippen molar-refractivity contribution < 1.29 is 0 Å². The van der Waals surface area contributed by atoms with Crippen LogP contribution in [0, 0.1) is 18.3 Å². The number of benzene rings is 1. The minimum absolute atomic E-state index is 0.585. The molecule has 5 nitrogen and oxygen atoms in total. The average Bonchev–Trinajstić information content (AvgIpc) is 2.42. The first-order valence-corrected chi connectivity index (χ1v) is 6.07. The molecule has 0 saturated heterocycles. The van der Waals surface area contributed by atoms with Gasteiger partial charge in [0.2, 0.25) is 5.95 Å². The van der Waals surface area contributed by atoms with E-state index in [-0.39, 0.29) is 0 Å². The highest BCUT2D eigenvalue weighted by atomic mass is 15.1. The average molecular weight is 253 g/mol. The van der Waals surface area contributed by atoms with Crippen molar-refractivity contribution >= 4 is 17.5 Å². The summed E-state index contributed by atoms with van der Waals surface area (Å²) in [5, 5.41) is 15.2. The van der Waals surface area contributed by atoms with Crippen molar-refractivity contribution in [3.8, 4) is 6.07 Å². The molecule has 0 bridgehead atoms. The summed E-state index contributed by atoms with van der Waals surface area (Å²) in [6.07, 6.45) is 1.69. The number of nitrogens with zero attached hydrogens (tertiary/aromatic N) is 3. The highest BCUT2D eigenvalue weighted by Gasteiger charge is 2.03. The Morgan fingerprint density at radius 2 is 2.16 bits per heavy atom. The van der Waals surface area contributed by atoms with Crippen LogP contribution in [0.4, 0.5) is 17.5 Å². The van der Waals surface area contributed by atoms with Gasteiger partial charge in [0.25, 0.3) is 0 Å². The first-order valence-electron chi connectivity index (χ1n) is 6.07. The van der Waals surface area contributed by atoms with Gasteiger partial charge in [-0.3, -0.25) is 0 Å². The molecule has 0 aliphatic rings. The molecule has 19 heavy (non-hydrogen) atoms. The number of nitrogens with one attached hydrogen (secondary N) is 2. The largest absolute Gasteiger partial charge is 0.354 e. The fourth-order valence-corrected chi connectivity index (χ4v) is 1.64. The molecule has 0 spiro atoms. The number of anilines is 3. The van der Waals surface area contributed by atoms with Gasteiger partial charge in [0.05, 0.1) is 11.6 Å². The number of aromatic nitrogens is 2. The molecule has 2 N–H and O–H groups in total. The van der Waals surface area contributed by atoms with Gasteiger partial charge in [-0.2, -0.15) is 10.2 Å². The van der Waals surface area contributed by atoms with Crippen molar-refractivity contribution in [3.63, 3.8) is 0 Å². The summed E-state index contributed by atoms with van der Waals surface area (Å²) in [6, 6.07) is 9.43. The van der Waals surface area contributed by atoms with Crippen molar-refractivity contribution in [1.29, 1.82) is 5.26 Å². The van der Waals surface area contributed by atoms with Crippen molar-refractivity contribution in [2.24, 2.45) is 0 Å². The van der Waals surface area contributed by atoms with Crippen molar-refractivity contribution in [2.45, 2.75) is 13.8 Å². The second-order valence-electron chi connectivity index (χ2n) is 4.06. The Balaban J connectivity index is 2.26. The van der Waals surface area contributed by atoms with E-state index in [0.717, 1.165) is 17.8 Å². The van der Waals surface area contributed by atoms with Gasteiger partial charge in [0.15, 0.2) is 0 Å².